The second-order valence-electron chi connectivity index (χ2n) is 8.96. The summed E-state index contributed by atoms with van der Waals surface area (Å²) in [5, 5.41) is 9.86. The average Bonchev–Trinajstić information content (AvgIpc) is 3.51. The van der Waals surface area contributed by atoms with Crippen LogP contribution in [0.15, 0.2) is 52.7 Å². The van der Waals surface area contributed by atoms with E-state index in [1.165, 1.54) is 24.3 Å². The quantitative estimate of drug-likeness (QED) is 0.556. The fourth-order valence-electron chi connectivity index (χ4n) is 4.47. The van der Waals surface area contributed by atoms with Crippen molar-refractivity contribution in [2.24, 2.45) is 10.1 Å². The highest BCUT2D eigenvalue weighted by Gasteiger charge is 2.35. The number of amidine groups is 2. The molecule has 1 aromatic heterocycles. The van der Waals surface area contributed by atoms with Crippen LogP contribution in [-0.2, 0) is 11.4 Å². The van der Waals surface area contributed by atoms with Crippen molar-refractivity contribution >= 4 is 29.3 Å². The number of aromatic nitrogens is 1. The molecule has 3 aliphatic rings. The largest absolute Gasteiger partial charge is 0.573 e. The Labute approximate surface area is 217 Å². The molecule has 13 heteroatoms. The van der Waals surface area contributed by atoms with Crippen molar-refractivity contribution in [1.82, 2.24) is 20.7 Å². The minimum absolute atomic E-state index is 0.302. The van der Waals surface area contributed by atoms with Gasteiger partial charge in [-0.3, -0.25) is 5.01 Å². The molecule has 9 nitrogen and oxygen atoms in total. The molecule has 0 spiro atoms. The number of nitrogens with one attached hydrogen (secondary N) is 2. The van der Waals surface area contributed by atoms with Gasteiger partial charge in [0, 0.05) is 30.1 Å². The van der Waals surface area contributed by atoms with Gasteiger partial charge >= 0.3 is 6.36 Å². The number of halogens is 3. The second-order valence-corrected chi connectivity index (χ2v) is 10.1. The van der Waals surface area contributed by atoms with Gasteiger partial charge in [0.05, 0.1) is 6.54 Å². The maximum Gasteiger partial charge on any atom is 0.573 e. The van der Waals surface area contributed by atoms with Crippen molar-refractivity contribution in [2.45, 2.75) is 50.3 Å². The standard InChI is InChI=1S/C24H28F3N7O2S/c1-15-29-22(23-30-21(32-36-23)17-3-5-18(6-4-17)35-24(25,26)27)31-34(15)14-16-7-10-28-20(13-16)33-11-8-19(37-2)9-12-33/h3-7,10,13,19,22-23,31H,8-9,11-12,14H2,1-2H3,(H,30,32). The predicted molar refractivity (Wildman–Crippen MR) is 136 cm³/mol. The summed E-state index contributed by atoms with van der Waals surface area (Å²) in [5.41, 5.74) is 5.01. The van der Waals surface area contributed by atoms with Gasteiger partial charge in [-0.15, -0.1) is 13.2 Å². The molecule has 5 rings (SSSR count). The lowest BCUT2D eigenvalue weighted by Gasteiger charge is -2.32. The van der Waals surface area contributed by atoms with Crippen LogP contribution in [0.5, 0.6) is 5.75 Å². The molecule has 0 radical (unpaired) electrons. The van der Waals surface area contributed by atoms with E-state index in [2.05, 4.69) is 47.8 Å². The molecule has 1 fully saturated rings. The zero-order valence-corrected chi connectivity index (χ0v) is 21.2. The number of rotatable bonds is 7. The number of anilines is 1. The second kappa shape index (κ2) is 10.7. The highest BCUT2D eigenvalue weighted by atomic mass is 32.2. The number of nitrogens with zero attached hydrogens (tertiary/aromatic N) is 5. The summed E-state index contributed by atoms with van der Waals surface area (Å²) in [6.07, 6.45) is 0.603. The summed E-state index contributed by atoms with van der Waals surface area (Å²) in [7, 11) is 0. The molecular weight excluding hydrogens is 507 g/mol. The highest BCUT2D eigenvalue weighted by Crippen LogP contribution is 2.26. The van der Waals surface area contributed by atoms with Crippen molar-refractivity contribution in [3.63, 3.8) is 0 Å². The summed E-state index contributed by atoms with van der Waals surface area (Å²) < 4.78 is 41.1. The van der Waals surface area contributed by atoms with Gasteiger partial charge < -0.3 is 19.8 Å². The lowest BCUT2D eigenvalue weighted by atomic mass is 10.1. The lowest BCUT2D eigenvalue weighted by molar-refractivity contribution is -0.274. The number of hydrogen-bond acceptors (Lipinski definition) is 10. The minimum atomic E-state index is -4.74. The van der Waals surface area contributed by atoms with Crippen LogP contribution in [0.25, 0.3) is 0 Å². The Bertz CT molecular complexity index is 1150. The fraction of sp³-hybridized carbons (Fsp3) is 0.458. The third-order valence-electron chi connectivity index (χ3n) is 6.44. The van der Waals surface area contributed by atoms with Crippen LogP contribution < -0.4 is 20.4 Å². The number of thioether (sulfide) groups is 1. The molecule has 37 heavy (non-hydrogen) atoms. The van der Waals surface area contributed by atoms with Gasteiger partial charge in [-0.2, -0.15) is 11.8 Å². The van der Waals surface area contributed by atoms with E-state index >= 15 is 0 Å². The summed E-state index contributed by atoms with van der Waals surface area (Å²) in [6, 6.07) is 9.54. The van der Waals surface area contributed by atoms with Crippen LogP contribution in [0, 0.1) is 0 Å². The predicted octanol–water partition coefficient (Wildman–Crippen LogP) is 3.68. The van der Waals surface area contributed by atoms with Crippen molar-refractivity contribution in [2.75, 3.05) is 24.2 Å². The highest BCUT2D eigenvalue weighted by molar-refractivity contribution is 7.99. The molecule has 198 valence electrons. The summed E-state index contributed by atoms with van der Waals surface area (Å²) in [6.45, 7) is 4.54. The van der Waals surface area contributed by atoms with E-state index in [1.807, 2.05) is 36.0 Å². The summed E-state index contributed by atoms with van der Waals surface area (Å²) in [5.74, 6) is 1.90. The molecule has 0 bridgehead atoms. The molecule has 4 heterocycles. The number of oxime groups is 1. The molecule has 0 aliphatic carbocycles. The zero-order chi connectivity index (χ0) is 26.0. The van der Waals surface area contributed by atoms with E-state index in [4.69, 9.17) is 4.84 Å². The molecule has 1 saturated heterocycles. The Morgan fingerprint density at radius 3 is 2.62 bits per heavy atom. The van der Waals surface area contributed by atoms with Crippen LogP contribution >= 0.6 is 11.8 Å². The Hall–Kier alpha value is -3.19. The molecule has 2 N–H and O–H groups in total. The van der Waals surface area contributed by atoms with Crippen molar-refractivity contribution in [1.29, 1.82) is 0 Å². The number of hydrogen-bond donors (Lipinski definition) is 2. The van der Waals surface area contributed by atoms with E-state index in [-0.39, 0.29) is 5.75 Å². The van der Waals surface area contributed by atoms with Gasteiger partial charge in [0.15, 0.2) is 12.0 Å². The van der Waals surface area contributed by atoms with Crippen molar-refractivity contribution in [3.05, 3.63) is 53.7 Å². The molecule has 2 unspecified atom stereocenters. The van der Waals surface area contributed by atoms with Crippen LogP contribution in [0.2, 0.25) is 0 Å². The topological polar surface area (TPSA) is 86.6 Å². The van der Waals surface area contributed by atoms with E-state index in [0.717, 1.165) is 48.4 Å². The maximum atomic E-state index is 12.4. The molecule has 2 atom stereocenters. The first-order valence-corrected chi connectivity index (χ1v) is 13.2. The smallest absolute Gasteiger partial charge is 0.406 e. The van der Waals surface area contributed by atoms with E-state index in [1.54, 1.807) is 0 Å². The molecule has 3 aliphatic heterocycles. The summed E-state index contributed by atoms with van der Waals surface area (Å²) >= 11 is 1.94. The first kappa shape index (κ1) is 25.5. The van der Waals surface area contributed by atoms with Crippen LogP contribution in [-0.4, -0.2) is 65.0 Å². The van der Waals surface area contributed by atoms with Crippen molar-refractivity contribution < 1.29 is 22.7 Å². The van der Waals surface area contributed by atoms with Gasteiger partial charge in [0.25, 0.3) is 0 Å². The minimum Gasteiger partial charge on any atom is -0.406 e. The van der Waals surface area contributed by atoms with Gasteiger partial charge in [-0.1, -0.05) is 5.16 Å². The Morgan fingerprint density at radius 2 is 1.92 bits per heavy atom. The maximum absolute atomic E-state index is 12.4. The monoisotopic (exact) mass is 535 g/mol. The van der Waals surface area contributed by atoms with Crippen LogP contribution in [0.4, 0.5) is 19.0 Å². The number of piperidine rings is 1. The van der Waals surface area contributed by atoms with Crippen molar-refractivity contribution in [3.8, 4) is 5.75 Å². The van der Waals surface area contributed by atoms with E-state index in [0.29, 0.717) is 17.9 Å². The molecular formula is C24H28F3N7O2S. The molecule has 0 saturated carbocycles. The van der Waals surface area contributed by atoms with E-state index in [9.17, 15) is 13.2 Å². The Kier molecular flexibility index (Phi) is 7.33. The van der Waals surface area contributed by atoms with Gasteiger partial charge in [-0.05, 0) is 68.0 Å². The number of alkyl halides is 3. The van der Waals surface area contributed by atoms with Gasteiger partial charge in [0.1, 0.15) is 17.4 Å². The fourth-order valence-corrected chi connectivity index (χ4v) is 5.15. The first-order chi connectivity index (χ1) is 17.8. The number of pyridine rings is 1. The van der Waals surface area contributed by atoms with Crippen LogP contribution in [0.1, 0.15) is 30.9 Å². The molecule has 2 aromatic rings. The Morgan fingerprint density at radius 1 is 1.16 bits per heavy atom. The first-order valence-electron chi connectivity index (χ1n) is 11.9. The van der Waals surface area contributed by atoms with Crippen LogP contribution in [0.3, 0.4) is 0 Å². The van der Waals surface area contributed by atoms with E-state index < -0.39 is 18.8 Å². The third-order valence-corrected chi connectivity index (χ3v) is 7.58. The number of aliphatic imine (C=N–C) groups is 1. The normalized spacial score (nSPS) is 22.4. The zero-order valence-electron chi connectivity index (χ0n) is 20.4. The average molecular weight is 536 g/mol. The SMILES string of the molecule is CSC1CCN(c2cc(CN3NC(C4NC(c5ccc(OC(F)(F)F)cc5)=NO4)N=C3C)ccn2)CC1. The van der Waals surface area contributed by atoms with Gasteiger partial charge in [0.2, 0.25) is 6.23 Å². The number of hydrazine groups is 1. The summed E-state index contributed by atoms with van der Waals surface area (Å²) in [4.78, 5) is 17.1. The van der Waals surface area contributed by atoms with Gasteiger partial charge in [-0.25, -0.2) is 15.4 Å². The molecule has 0 amide bonds. The number of ether oxygens (including phenoxy) is 1. The third kappa shape index (κ3) is 6.21. The number of benzene rings is 1. The Balaban J connectivity index is 1.15. The lowest BCUT2D eigenvalue weighted by Crippen LogP contribution is -2.49. The molecule has 1 aromatic carbocycles.